The maximum Gasteiger partial charge on any atom is -0.0103 e. The van der Waals surface area contributed by atoms with E-state index in [1.807, 2.05) is 0 Å². The van der Waals surface area contributed by atoms with E-state index in [9.17, 15) is 0 Å². The van der Waals surface area contributed by atoms with E-state index < -0.39 is 0 Å². The van der Waals surface area contributed by atoms with E-state index in [1.54, 1.807) is 0 Å². The zero-order valence-electron chi connectivity index (χ0n) is 13.2. The van der Waals surface area contributed by atoms with Crippen LogP contribution in [0.15, 0.2) is 91.0 Å². The van der Waals surface area contributed by atoms with Crippen LogP contribution >= 0.6 is 0 Å². The summed E-state index contributed by atoms with van der Waals surface area (Å²) in [5.41, 5.74) is 6.45. The zero-order valence-corrected chi connectivity index (χ0v) is 13.2. The van der Waals surface area contributed by atoms with Gasteiger partial charge in [0.15, 0.2) is 0 Å². The molecule has 110 valence electrons. The molecule has 0 aliphatic rings. The number of hydrogen-bond donors (Lipinski definition) is 0. The minimum atomic E-state index is 1.27. The van der Waals surface area contributed by atoms with Gasteiger partial charge in [-0.25, -0.2) is 0 Å². The van der Waals surface area contributed by atoms with Crippen molar-refractivity contribution in [3.63, 3.8) is 0 Å². The SMILES string of the molecule is Cc1ccccc1-c1ccccc1-c1ccc2ccccc2c1. The summed E-state index contributed by atoms with van der Waals surface area (Å²) in [5.74, 6) is 0. The van der Waals surface area contributed by atoms with E-state index in [4.69, 9.17) is 0 Å². The van der Waals surface area contributed by atoms with Gasteiger partial charge in [0.25, 0.3) is 0 Å². The normalized spacial score (nSPS) is 10.8. The van der Waals surface area contributed by atoms with Crippen LogP contribution in [-0.2, 0) is 0 Å². The molecule has 0 aromatic heterocycles. The summed E-state index contributed by atoms with van der Waals surface area (Å²) in [6.45, 7) is 2.17. The maximum atomic E-state index is 2.28. The lowest BCUT2D eigenvalue weighted by atomic mass is 9.91. The van der Waals surface area contributed by atoms with Gasteiger partial charge in [0.05, 0.1) is 0 Å². The molecule has 0 bridgehead atoms. The summed E-state index contributed by atoms with van der Waals surface area (Å²) in [6, 6.07) is 32.5. The highest BCUT2D eigenvalue weighted by molar-refractivity contribution is 5.91. The molecule has 0 saturated carbocycles. The van der Waals surface area contributed by atoms with Gasteiger partial charge in [-0.3, -0.25) is 0 Å². The fourth-order valence-corrected chi connectivity index (χ4v) is 3.20. The highest BCUT2D eigenvalue weighted by Gasteiger charge is 2.09. The van der Waals surface area contributed by atoms with Gasteiger partial charge in [0, 0.05) is 0 Å². The third-order valence-electron chi connectivity index (χ3n) is 4.42. The summed E-state index contributed by atoms with van der Waals surface area (Å²) in [5, 5.41) is 2.56. The Hall–Kier alpha value is -2.86. The standard InChI is InChI=1S/C23H18/c1-17-8-2-5-11-21(17)23-13-7-6-12-22(23)20-15-14-18-9-3-4-10-19(18)16-20/h2-16H,1H3. The summed E-state index contributed by atoms with van der Waals surface area (Å²) < 4.78 is 0. The second kappa shape index (κ2) is 5.73. The summed E-state index contributed by atoms with van der Waals surface area (Å²) in [4.78, 5) is 0. The van der Waals surface area contributed by atoms with Crippen LogP contribution < -0.4 is 0 Å². The van der Waals surface area contributed by atoms with Gasteiger partial charge in [0.1, 0.15) is 0 Å². The van der Waals surface area contributed by atoms with Gasteiger partial charge in [-0.1, -0.05) is 84.9 Å². The van der Waals surface area contributed by atoms with E-state index in [2.05, 4.69) is 97.9 Å². The van der Waals surface area contributed by atoms with Crippen molar-refractivity contribution in [2.45, 2.75) is 6.92 Å². The molecular weight excluding hydrogens is 276 g/mol. The van der Waals surface area contributed by atoms with Crippen molar-refractivity contribution in [3.05, 3.63) is 96.6 Å². The number of benzene rings is 4. The van der Waals surface area contributed by atoms with Gasteiger partial charge in [-0.15, -0.1) is 0 Å². The zero-order chi connectivity index (χ0) is 15.6. The van der Waals surface area contributed by atoms with Gasteiger partial charge in [-0.05, 0) is 51.6 Å². The molecule has 0 unspecified atom stereocenters. The fourth-order valence-electron chi connectivity index (χ4n) is 3.20. The topological polar surface area (TPSA) is 0 Å². The first-order valence-corrected chi connectivity index (χ1v) is 7.97. The molecular formula is C23H18. The Labute approximate surface area is 137 Å². The van der Waals surface area contributed by atoms with Crippen LogP contribution in [-0.4, -0.2) is 0 Å². The van der Waals surface area contributed by atoms with Crippen LogP contribution in [0, 0.1) is 6.92 Å². The van der Waals surface area contributed by atoms with Crippen LogP contribution in [0.5, 0.6) is 0 Å². The number of rotatable bonds is 2. The van der Waals surface area contributed by atoms with E-state index in [1.165, 1.54) is 38.6 Å². The highest BCUT2D eigenvalue weighted by Crippen LogP contribution is 2.34. The highest BCUT2D eigenvalue weighted by atomic mass is 14.1. The monoisotopic (exact) mass is 294 g/mol. The van der Waals surface area contributed by atoms with Crippen LogP contribution in [0.3, 0.4) is 0 Å². The smallest absolute Gasteiger partial charge is 0.0103 e. The molecule has 0 amide bonds. The largest absolute Gasteiger partial charge is 0.0620 e. The van der Waals surface area contributed by atoms with Crippen molar-refractivity contribution in [2.24, 2.45) is 0 Å². The third-order valence-corrected chi connectivity index (χ3v) is 4.42. The first-order valence-electron chi connectivity index (χ1n) is 7.97. The molecule has 0 heteroatoms. The van der Waals surface area contributed by atoms with E-state index in [0.29, 0.717) is 0 Å². The first-order chi connectivity index (χ1) is 11.3. The average molecular weight is 294 g/mol. The Kier molecular flexibility index (Phi) is 3.44. The predicted molar refractivity (Wildman–Crippen MR) is 99.6 cm³/mol. The van der Waals surface area contributed by atoms with Gasteiger partial charge in [0.2, 0.25) is 0 Å². The molecule has 0 heterocycles. The molecule has 0 nitrogen and oxygen atoms in total. The summed E-state index contributed by atoms with van der Waals surface area (Å²) in [6.07, 6.45) is 0. The maximum absolute atomic E-state index is 2.28. The van der Waals surface area contributed by atoms with E-state index >= 15 is 0 Å². The molecule has 0 spiro atoms. The quantitative estimate of drug-likeness (QED) is 0.397. The molecule has 0 saturated heterocycles. The minimum Gasteiger partial charge on any atom is -0.0620 e. The van der Waals surface area contributed by atoms with Gasteiger partial charge in [-0.2, -0.15) is 0 Å². The molecule has 4 aromatic rings. The fraction of sp³-hybridized carbons (Fsp3) is 0.0435. The molecule has 23 heavy (non-hydrogen) atoms. The second-order valence-corrected chi connectivity index (χ2v) is 5.92. The van der Waals surface area contributed by atoms with E-state index in [0.717, 1.165) is 0 Å². The Morgan fingerprint density at radius 3 is 1.87 bits per heavy atom. The lowest BCUT2D eigenvalue weighted by Gasteiger charge is -2.13. The molecule has 0 atom stereocenters. The van der Waals surface area contributed by atoms with Crippen molar-refractivity contribution in [2.75, 3.05) is 0 Å². The number of aryl methyl sites for hydroxylation is 1. The van der Waals surface area contributed by atoms with Gasteiger partial charge >= 0.3 is 0 Å². The van der Waals surface area contributed by atoms with Crippen molar-refractivity contribution < 1.29 is 0 Å². The minimum absolute atomic E-state index is 1.27. The Morgan fingerprint density at radius 1 is 0.478 bits per heavy atom. The van der Waals surface area contributed by atoms with Gasteiger partial charge < -0.3 is 0 Å². The molecule has 0 aliphatic carbocycles. The van der Waals surface area contributed by atoms with Crippen molar-refractivity contribution in [1.29, 1.82) is 0 Å². The average Bonchev–Trinajstić information content (AvgIpc) is 2.62. The Morgan fingerprint density at radius 2 is 1.09 bits per heavy atom. The predicted octanol–water partition coefficient (Wildman–Crippen LogP) is 6.48. The summed E-state index contributed by atoms with van der Waals surface area (Å²) >= 11 is 0. The number of hydrogen-bond acceptors (Lipinski definition) is 0. The van der Waals surface area contributed by atoms with E-state index in [-0.39, 0.29) is 0 Å². The first kappa shape index (κ1) is 13.8. The van der Waals surface area contributed by atoms with Crippen molar-refractivity contribution in [3.8, 4) is 22.3 Å². The third kappa shape index (κ3) is 2.53. The second-order valence-electron chi connectivity index (χ2n) is 5.92. The van der Waals surface area contributed by atoms with Crippen molar-refractivity contribution in [1.82, 2.24) is 0 Å². The molecule has 4 aromatic carbocycles. The Bertz CT molecular complexity index is 980. The lowest BCUT2D eigenvalue weighted by molar-refractivity contribution is 1.46. The molecule has 4 rings (SSSR count). The lowest BCUT2D eigenvalue weighted by Crippen LogP contribution is -1.87. The molecule has 0 radical (unpaired) electrons. The van der Waals surface area contributed by atoms with Crippen molar-refractivity contribution >= 4 is 10.8 Å². The summed E-state index contributed by atoms with van der Waals surface area (Å²) in [7, 11) is 0. The van der Waals surface area contributed by atoms with Crippen LogP contribution in [0.25, 0.3) is 33.0 Å². The van der Waals surface area contributed by atoms with Crippen LogP contribution in [0.1, 0.15) is 5.56 Å². The van der Waals surface area contributed by atoms with Crippen LogP contribution in [0.2, 0.25) is 0 Å². The molecule has 0 aliphatic heterocycles. The van der Waals surface area contributed by atoms with Crippen LogP contribution in [0.4, 0.5) is 0 Å². The number of fused-ring (bicyclic) bond motifs is 1. The molecule has 0 fully saturated rings. The molecule has 0 N–H and O–H groups in total. The Balaban J connectivity index is 1.93.